The summed E-state index contributed by atoms with van der Waals surface area (Å²) in [6.07, 6.45) is 1.81. The number of phenols is 1. The lowest BCUT2D eigenvalue weighted by molar-refractivity contribution is -0.122. The number of nitrogens with zero attached hydrogens (tertiary/aromatic N) is 3. The van der Waals surface area contributed by atoms with Crippen LogP contribution in [0.25, 0.3) is 16.9 Å². The number of carbonyl (C=O) groups is 1. The van der Waals surface area contributed by atoms with E-state index in [1.54, 1.807) is 16.6 Å². The lowest BCUT2D eigenvalue weighted by atomic mass is 9.75. The molecule has 1 atom stereocenters. The second-order valence-electron chi connectivity index (χ2n) is 7.65. The molecule has 4 aromatic rings. The van der Waals surface area contributed by atoms with Gasteiger partial charge in [-0.25, -0.2) is 4.98 Å². The number of anilines is 1. The molecule has 0 spiro atoms. The zero-order valence-corrected chi connectivity index (χ0v) is 18.2. The highest BCUT2D eigenvalue weighted by molar-refractivity contribution is 6.54. The van der Waals surface area contributed by atoms with E-state index in [9.17, 15) is 9.90 Å². The van der Waals surface area contributed by atoms with Crippen molar-refractivity contribution in [2.45, 2.75) is 19.7 Å². The highest BCUT2D eigenvalue weighted by Crippen LogP contribution is 2.29. The minimum absolute atomic E-state index is 0.0138. The Balaban J connectivity index is 1.49. The Morgan fingerprint density at radius 2 is 1.88 bits per heavy atom. The predicted octanol–water partition coefficient (Wildman–Crippen LogP) is 2.54. The Morgan fingerprint density at radius 3 is 2.62 bits per heavy atom. The third-order valence-corrected chi connectivity index (χ3v) is 5.53. The van der Waals surface area contributed by atoms with Gasteiger partial charge in [0.05, 0.1) is 11.6 Å². The van der Waals surface area contributed by atoms with Gasteiger partial charge in [0, 0.05) is 30.9 Å². The second-order valence-corrected chi connectivity index (χ2v) is 7.65. The first-order chi connectivity index (χ1) is 15.6. The summed E-state index contributed by atoms with van der Waals surface area (Å²) in [7, 11) is 0.799. The molecule has 2 aromatic heterocycles. The van der Waals surface area contributed by atoms with Crippen LogP contribution in [-0.2, 0) is 4.79 Å². The molecule has 0 radical (unpaired) electrons. The summed E-state index contributed by atoms with van der Waals surface area (Å²) in [6, 6.07) is 18.7. The summed E-state index contributed by atoms with van der Waals surface area (Å²) in [5, 5.41) is 21.1. The lowest BCUT2D eigenvalue weighted by Gasteiger charge is -2.14. The monoisotopic (exact) mass is 427 g/mol. The van der Waals surface area contributed by atoms with Crippen LogP contribution in [0.3, 0.4) is 0 Å². The SMILES string of the molecule is CBc1cnn2c(NCCNC(=O)C(C)c3ccccc3)cc(-c3ccccc3O)nc12. The highest BCUT2D eigenvalue weighted by Gasteiger charge is 2.15. The standard InChI is InChI=1S/C24H26BN5O2/c1-16(17-8-4-3-5-9-17)24(32)27-13-12-26-22-14-20(18-10-6-7-11-21(18)31)29-23-19(25-2)15-28-30(22)23/h3-11,14-16,25-26,31H,12-13H2,1-2H3,(H,27,32). The molecule has 32 heavy (non-hydrogen) atoms. The van der Waals surface area contributed by atoms with Crippen molar-refractivity contribution < 1.29 is 9.90 Å². The molecular weight excluding hydrogens is 401 g/mol. The Kier molecular flexibility index (Phi) is 6.40. The lowest BCUT2D eigenvalue weighted by Crippen LogP contribution is -2.32. The number of aromatic hydroxyl groups is 1. The van der Waals surface area contributed by atoms with E-state index in [-0.39, 0.29) is 17.6 Å². The minimum Gasteiger partial charge on any atom is -0.507 e. The van der Waals surface area contributed by atoms with E-state index >= 15 is 0 Å². The smallest absolute Gasteiger partial charge is 0.227 e. The number of hydrogen-bond acceptors (Lipinski definition) is 5. The molecule has 0 saturated carbocycles. The zero-order chi connectivity index (χ0) is 22.5. The van der Waals surface area contributed by atoms with Crippen LogP contribution >= 0.6 is 0 Å². The fourth-order valence-corrected chi connectivity index (χ4v) is 3.63. The van der Waals surface area contributed by atoms with E-state index in [0.717, 1.165) is 29.8 Å². The third kappa shape index (κ3) is 4.44. The number of amides is 1. The number of hydrogen-bond donors (Lipinski definition) is 3. The van der Waals surface area contributed by atoms with Gasteiger partial charge >= 0.3 is 0 Å². The number of carbonyl (C=O) groups excluding carboxylic acids is 1. The number of nitrogens with one attached hydrogen (secondary N) is 2. The molecule has 0 saturated heterocycles. The molecule has 0 aliphatic carbocycles. The molecule has 4 rings (SSSR count). The fourth-order valence-electron chi connectivity index (χ4n) is 3.63. The molecule has 0 aliphatic rings. The van der Waals surface area contributed by atoms with Crippen LogP contribution in [0.2, 0.25) is 6.82 Å². The van der Waals surface area contributed by atoms with Crippen molar-refractivity contribution >= 4 is 30.1 Å². The first-order valence-corrected chi connectivity index (χ1v) is 10.8. The van der Waals surface area contributed by atoms with Crippen molar-refractivity contribution in [1.29, 1.82) is 0 Å². The number of aromatic nitrogens is 3. The predicted molar refractivity (Wildman–Crippen MR) is 129 cm³/mol. The quantitative estimate of drug-likeness (QED) is 0.297. The summed E-state index contributed by atoms with van der Waals surface area (Å²) in [6.45, 7) is 4.95. The van der Waals surface area contributed by atoms with E-state index in [1.165, 1.54) is 0 Å². The number of benzene rings is 2. The van der Waals surface area contributed by atoms with Crippen LogP contribution in [0.15, 0.2) is 66.9 Å². The van der Waals surface area contributed by atoms with Gasteiger partial charge in [0.2, 0.25) is 5.91 Å². The summed E-state index contributed by atoms with van der Waals surface area (Å²) in [4.78, 5) is 17.2. The van der Waals surface area contributed by atoms with Crippen molar-refractivity contribution in [3.63, 3.8) is 0 Å². The summed E-state index contributed by atoms with van der Waals surface area (Å²) in [5.74, 6) is 0.697. The maximum atomic E-state index is 12.5. The van der Waals surface area contributed by atoms with Gasteiger partial charge in [-0.15, -0.1) is 0 Å². The Hall–Kier alpha value is -3.81. The van der Waals surface area contributed by atoms with E-state index in [0.29, 0.717) is 24.3 Å². The number of rotatable bonds is 8. The Morgan fingerprint density at radius 1 is 1.12 bits per heavy atom. The van der Waals surface area contributed by atoms with Crippen LogP contribution in [0.5, 0.6) is 5.75 Å². The van der Waals surface area contributed by atoms with Crippen molar-refractivity contribution in [3.8, 4) is 17.0 Å². The van der Waals surface area contributed by atoms with Crippen molar-refractivity contribution in [2.24, 2.45) is 0 Å². The van der Waals surface area contributed by atoms with Gasteiger partial charge in [0.1, 0.15) is 11.6 Å². The van der Waals surface area contributed by atoms with Gasteiger partial charge in [-0.05, 0) is 30.1 Å². The molecule has 0 fully saturated rings. The van der Waals surface area contributed by atoms with Gasteiger partial charge in [0.15, 0.2) is 12.9 Å². The Bertz CT molecular complexity index is 1230. The fraction of sp³-hybridized carbons (Fsp3) is 0.208. The average Bonchev–Trinajstić information content (AvgIpc) is 3.25. The van der Waals surface area contributed by atoms with Gasteiger partial charge in [0.25, 0.3) is 0 Å². The molecule has 7 nitrogen and oxygen atoms in total. The van der Waals surface area contributed by atoms with Gasteiger partial charge in [-0.3, -0.25) is 4.79 Å². The van der Waals surface area contributed by atoms with Crippen LogP contribution < -0.4 is 16.1 Å². The van der Waals surface area contributed by atoms with E-state index in [4.69, 9.17) is 4.98 Å². The normalized spacial score (nSPS) is 11.8. The van der Waals surface area contributed by atoms with Gasteiger partial charge < -0.3 is 15.7 Å². The highest BCUT2D eigenvalue weighted by atomic mass is 16.3. The maximum absolute atomic E-state index is 12.5. The minimum atomic E-state index is -0.213. The van der Waals surface area contributed by atoms with Gasteiger partial charge in [-0.1, -0.05) is 49.3 Å². The molecule has 0 bridgehead atoms. The molecule has 2 aromatic carbocycles. The van der Waals surface area contributed by atoms with Crippen LogP contribution in [-0.4, -0.2) is 46.0 Å². The number of para-hydroxylation sites is 1. The topological polar surface area (TPSA) is 91.5 Å². The zero-order valence-electron chi connectivity index (χ0n) is 18.2. The van der Waals surface area contributed by atoms with Crippen molar-refractivity contribution in [3.05, 3.63) is 72.4 Å². The number of fused-ring (bicyclic) bond motifs is 1. The van der Waals surface area contributed by atoms with Crippen molar-refractivity contribution in [2.75, 3.05) is 18.4 Å². The Labute approximate surface area is 187 Å². The molecule has 2 heterocycles. The van der Waals surface area contributed by atoms with Gasteiger partial charge in [-0.2, -0.15) is 9.61 Å². The molecule has 162 valence electrons. The third-order valence-electron chi connectivity index (χ3n) is 5.53. The first kappa shape index (κ1) is 21.4. The molecule has 0 aliphatic heterocycles. The van der Waals surface area contributed by atoms with Crippen molar-refractivity contribution in [1.82, 2.24) is 19.9 Å². The summed E-state index contributed by atoms with van der Waals surface area (Å²) >= 11 is 0. The van der Waals surface area contributed by atoms with E-state index in [2.05, 4.69) is 22.6 Å². The molecule has 1 unspecified atom stereocenters. The molecule has 1 amide bonds. The summed E-state index contributed by atoms with van der Waals surface area (Å²) < 4.78 is 1.76. The van der Waals surface area contributed by atoms with Crippen LogP contribution in [0.1, 0.15) is 18.4 Å². The number of phenolic OH excluding ortho intramolecular Hbond substituents is 1. The molecule has 8 heteroatoms. The second kappa shape index (κ2) is 9.55. The van der Waals surface area contributed by atoms with Crippen LogP contribution in [0, 0.1) is 0 Å². The molecular formula is C24H26BN5O2. The largest absolute Gasteiger partial charge is 0.507 e. The first-order valence-electron chi connectivity index (χ1n) is 10.8. The maximum Gasteiger partial charge on any atom is 0.227 e. The van der Waals surface area contributed by atoms with E-state index < -0.39 is 0 Å². The van der Waals surface area contributed by atoms with E-state index in [1.807, 2.05) is 61.7 Å². The molecule has 3 N–H and O–H groups in total. The average molecular weight is 427 g/mol. The summed E-state index contributed by atoms with van der Waals surface area (Å²) in [5.41, 5.74) is 4.08. The van der Waals surface area contributed by atoms with Crippen LogP contribution in [0.4, 0.5) is 5.82 Å².